The van der Waals surface area contributed by atoms with E-state index in [4.69, 9.17) is 4.98 Å². The average Bonchev–Trinajstić information content (AvgIpc) is 2.80. The summed E-state index contributed by atoms with van der Waals surface area (Å²) in [5.41, 5.74) is 2.31. The number of aromatic nitrogens is 4. The number of carbonyl (C=O) groups excluding carboxylic acids is 1. The normalized spacial score (nSPS) is 21.8. The van der Waals surface area contributed by atoms with Crippen LogP contribution in [0.2, 0.25) is 0 Å². The van der Waals surface area contributed by atoms with E-state index in [1.807, 2.05) is 0 Å². The summed E-state index contributed by atoms with van der Waals surface area (Å²) in [6.07, 6.45) is 2.53. The molecule has 0 aliphatic carbocycles. The van der Waals surface area contributed by atoms with Crippen molar-refractivity contribution < 1.29 is 18.0 Å². The lowest BCUT2D eigenvalue weighted by molar-refractivity contribution is -0.138. The smallest absolute Gasteiger partial charge is 0.326 e. The maximum atomic E-state index is 13.8. The monoisotopic (exact) mass is 467 g/mol. The van der Waals surface area contributed by atoms with Crippen LogP contribution in [0.3, 0.4) is 0 Å². The molecule has 2 unspecified atom stereocenters. The Kier molecular flexibility index (Phi) is 5.37. The highest BCUT2D eigenvalue weighted by atomic mass is 19.4. The molecule has 0 spiro atoms. The van der Waals surface area contributed by atoms with Crippen molar-refractivity contribution in [3.8, 4) is 11.4 Å². The molecule has 1 fully saturated rings. The Morgan fingerprint density at radius 1 is 1.12 bits per heavy atom. The number of nitrogens with zero attached hydrogens (tertiary/aromatic N) is 5. The second-order valence-corrected chi connectivity index (χ2v) is 9.12. The third-order valence-corrected chi connectivity index (χ3v) is 6.97. The van der Waals surface area contributed by atoms with Gasteiger partial charge in [0.25, 0.3) is 5.91 Å². The Morgan fingerprint density at radius 3 is 2.62 bits per heavy atom. The highest BCUT2D eigenvalue weighted by Gasteiger charge is 2.46. The molecule has 3 aromatic rings. The molecule has 0 saturated carbocycles. The maximum Gasteiger partial charge on any atom is 0.416 e. The van der Waals surface area contributed by atoms with Gasteiger partial charge >= 0.3 is 6.18 Å². The fourth-order valence-corrected chi connectivity index (χ4v) is 5.39. The van der Waals surface area contributed by atoms with Gasteiger partial charge in [0.15, 0.2) is 0 Å². The zero-order valence-electron chi connectivity index (χ0n) is 19.1. The molecule has 3 atom stereocenters. The second-order valence-electron chi connectivity index (χ2n) is 9.12. The van der Waals surface area contributed by atoms with Gasteiger partial charge in [-0.05, 0) is 56.7 Å². The minimum Gasteiger partial charge on any atom is -0.326 e. The van der Waals surface area contributed by atoms with E-state index in [9.17, 15) is 18.0 Å². The fourth-order valence-electron chi connectivity index (χ4n) is 5.39. The molecule has 34 heavy (non-hydrogen) atoms. The van der Waals surface area contributed by atoms with E-state index < -0.39 is 11.7 Å². The summed E-state index contributed by atoms with van der Waals surface area (Å²) in [7, 11) is 0. The Hall–Kier alpha value is -3.36. The van der Waals surface area contributed by atoms with Crippen molar-refractivity contribution in [1.29, 1.82) is 0 Å². The number of hydrogen-bond acceptors (Lipinski definition) is 5. The Balaban J connectivity index is 1.64. The van der Waals surface area contributed by atoms with Crippen molar-refractivity contribution in [2.45, 2.75) is 58.3 Å². The summed E-state index contributed by atoms with van der Waals surface area (Å²) in [6, 6.07) is 3.31. The first-order valence-corrected chi connectivity index (χ1v) is 11.3. The Morgan fingerprint density at radius 2 is 1.91 bits per heavy atom. The van der Waals surface area contributed by atoms with Crippen molar-refractivity contribution in [2.24, 2.45) is 5.92 Å². The van der Waals surface area contributed by atoms with Gasteiger partial charge in [-0.3, -0.25) is 14.8 Å². The molecule has 1 saturated heterocycles. The van der Waals surface area contributed by atoms with E-state index in [0.29, 0.717) is 23.6 Å². The lowest BCUT2D eigenvalue weighted by Crippen LogP contribution is -2.53. The van der Waals surface area contributed by atoms with Gasteiger partial charge in [-0.15, -0.1) is 0 Å². The molecule has 2 aliphatic rings. The van der Waals surface area contributed by atoms with Gasteiger partial charge < -0.3 is 4.90 Å². The summed E-state index contributed by atoms with van der Waals surface area (Å²) in [6.45, 7) is 5.23. The highest BCUT2D eigenvalue weighted by molar-refractivity contribution is 5.97. The Bertz CT molecular complexity index is 1260. The molecule has 5 rings (SSSR count). The van der Waals surface area contributed by atoms with E-state index in [0.717, 1.165) is 30.2 Å². The van der Waals surface area contributed by atoms with Crippen LogP contribution in [-0.2, 0) is 12.6 Å². The fraction of sp³-hybridized carbons (Fsp3) is 0.400. The first-order chi connectivity index (χ1) is 16.2. The van der Waals surface area contributed by atoms with Crippen LogP contribution in [-0.4, -0.2) is 36.8 Å². The van der Waals surface area contributed by atoms with Crippen LogP contribution in [0.25, 0.3) is 11.4 Å². The van der Waals surface area contributed by atoms with E-state index in [1.165, 1.54) is 19.1 Å². The minimum atomic E-state index is -4.52. The van der Waals surface area contributed by atoms with Crippen LogP contribution in [0.5, 0.6) is 0 Å². The number of hydrogen-bond donors (Lipinski definition) is 0. The number of amides is 1. The number of aryl methyl sites for hydroxylation is 1. The number of piperidine rings is 1. The number of rotatable bonds is 2. The zero-order valence-corrected chi connectivity index (χ0v) is 19.1. The van der Waals surface area contributed by atoms with E-state index in [-0.39, 0.29) is 35.0 Å². The molecule has 2 aromatic heterocycles. The summed E-state index contributed by atoms with van der Waals surface area (Å²) >= 11 is 0. The molecular formula is C25H24F3N5O. The van der Waals surface area contributed by atoms with Gasteiger partial charge in [0.2, 0.25) is 0 Å². The summed E-state index contributed by atoms with van der Waals surface area (Å²) < 4.78 is 40.6. The van der Waals surface area contributed by atoms with E-state index in [1.54, 1.807) is 30.4 Å². The van der Waals surface area contributed by atoms with Crippen LogP contribution in [0.1, 0.15) is 64.4 Å². The van der Waals surface area contributed by atoms with Crippen LogP contribution >= 0.6 is 0 Å². The van der Waals surface area contributed by atoms with Gasteiger partial charge in [0, 0.05) is 29.6 Å². The van der Waals surface area contributed by atoms with Crippen LogP contribution in [0.4, 0.5) is 13.2 Å². The highest BCUT2D eigenvalue weighted by Crippen LogP contribution is 2.47. The van der Waals surface area contributed by atoms with Crippen molar-refractivity contribution in [3.63, 3.8) is 0 Å². The standard InChI is InChI=1S/C25H24F3N5O/c1-13-7-8-16-11-18-21(20-12-29-9-10-30-20)31-15(3)32-22(18)23(13)33(16)24(34)17-5-4-6-19(14(17)2)25(26,27)28/h4-6,9-10,12-13,16,23H,7-8,11H2,1-3H3/t13?,16-,23?/m0/s1. The molecule has 1 amide bonds. The maximum absolute atomic E-state index is 13.8. The minimum absolute atomic E-state index is 0.0457. The van der Waals surface area contributed by atoms with Gasteiger partial charge in [-0.1, -0.05) is 13.0 Å². The van der Waals surface area contributed by atoms with Crippen molar-refractivity contribution in [3.05, 3.63) is 70.6 Å². The van der Waals surface area contributed by atoms with Gasteiger partial charge in [-0.2, -0.15) is 13.2 Å². The summed E-state index contributed by atoms with van der Waals surface area (Å²) in [4.78, 5) is 33.5. The topological polar surface area (TPSA) is 71.9 Å². The second kappa shape index (κ2) is 8.14. The number of carbonyl (C=O) groups is 1. The van der Waals surface area contributed by atoms with Crippen molar-refractivity contribution in [2.75, 3.05) is 0 Å². The molecule has 1 aromatic carbocycles. The molecule has 0 N–H and O–H groups in total. The molecule has 2 aliphatic heterocycles. The first kappa shape index (κ1) is 22.4. The van der Waals surface area contributed by atoms with Gasteiger partial charge in [0.1, 0.15) is 11.5 Å². The first-order valence-electron chi connectivity index (χ1n) is 11.3. The molecule has 2 bridgehead atoms. The number of fused-ring (bicyclic) bond motifs is 4. The van der Waals surface area contributed by atoms with Crippen molar-refractivity contribution in [1.82, 2.24) is 24.8 Å². The summed E-state index contributed by atoms with van der Waals surface area (Å²) in [5.74, 6) is 0.265. The van der Waals surface area contributed by atoms with Crippen LogP contribution in [0.15, 0.2) is 36.8 Å². The van der Waals surface area contributed by atoms with E-state index in [2.05, 4.69) is 21.9 Å². The van der Waals surface area contributed by atoms with E-state index >= 15 is 0 Å². The summed E-state index contributed by atoms with van der Waals surface area (Å²) in [5, 5.41) is 0. The third-order valence-electron chi connectivity index (χ3n) is 6.97. The van der Waals surface area contributed by atoms with Gasteiger partial charge in [-0.25, -0.2) is 9.97 Å². The predicted octanol–water partition coefficient (Wildman–Crippen LogP) is 5.11. The quantitative estimate of drug-likeness (QED) is 0.524. The Labute approximate surface area is 195 Å². The third kappa shape index (κ3) is 3.63. The van der Waals surface area contributed by atoms with Crippen molar-refractivity contribution >= 4 is 5.91 Å². The SMILES string of the molecule is Cc1nc(-c2cnccn2)c2c(n1)C1C(C)CC[C@@H](C2)N1C(=O)c1cccc(C(F)(F)F)c1C. The molecule has 176 valence electrons. The lowest BCUT2D eigenvalue weighted by Gasteiger charge is -2.49. The van der Waals surface area contributed by atoms with Gasteiger partial charge in [0.05, 0.1) is 29.2 Å². The van der Waals surface area contributed by atoms with Crippen LogP contribution in [0, 0.1) is 19.8 Å². The number of halogens is 3. The molecule has 0 radical (unpaired) electrons. The largest absolute Gasteiger partial charge is 0.416 e. The van der Waals surface area contributed by atoms with Crippen LogP contribution < -0.4 is 0 Å². The lowest BCUT2D eigenvalue weighted by atomic mass is 9.76. The average molecular weight is 467 g/mol. The molecule has 6 nitrogen and oxygen atoms in total. The molecular weight excluding hydrogens is 443 g/mol. The molecule has 9 heteroatoms. The predicted molar refractivity (Wildman–Crippen MR) is 119 cm³/mol. The molecule has 4 heterocycles. The number of alkyl halides is 3. The zero-order chi connectivity index (χ0) is 24.2. The number of benzene rings is 1.